The van der Waals surface area contributed by atoms with E-state index in [1.807, 2.05) is 19.9 Å². The molecule has 1 saturated heterocycles. The van der Waals surface area contributed by atoms with E-state index in [1.54, 1.807) is 17.1 Å². The number of ether oxygens (including phenoxy) is 2. The number of benzene rings is 1. The Balaban J connectivity index is 1.86. The molecule has 0 atom stereocenters. The number of nitrogens with zero attached hydrogens (tertiary/aromatic N) is 5. The van der Waals surface area contributed by atoms with Gasteiger partial charge in [0.15, 0.2) is 17.2 Å². The molecule has 3 aromatic rings. The number of halogens is 1. The minimum absolute atomic E-state index is 0.105. The Morgan fingerprint density at radius 3 is 2.72 bits per heavy atom. The van der Waals surface area contributed by atoms with Crippen LogP contribution in [0.25, 0.3) is 22.3 Å². The van der Waals surface area contributed by atoms with Gasteiger partial charge in [-0.1, -0.05) is 0 Å². The molecule has 1 aliphatic rings. The maximum absolute atomic E-state index is 14.7. The van der Waals surface area contributed by atoms with Gasteiger partial charge >= 0.3 is 0 Å². The van der Waals surface area contributed by atoms with Gasteiger partial charge in [-0.2, -0.15) is 17.7 Å². The highest BCUT2D eigenvalue weighted by Crippen LogP contribution is 2.35. The highest BCUT2D eigenvalue weighted by atomic mass is 32.1. The summed E-state index contributed by atoms with van der Waals surface area (Å²) in [6, 6.07) is 4.93. The van der Waals surface area contributed by atoms with Gasteiger partial charge in [0.25, 0.3) is 0 Å². The zero-order valence-corrected chi connectivity index (χ0v) is 17.4. The van der Waals surface area contributed by atoms with Crippen molar-refractivity contribution in [1.29, 1.82) is 0 Å². The summed E-state index contributed by atoms with van der Waals surface area (Å²) in [5.41, 5.74) is 2.03. The number of hydrogen-bond donors (Lipinski definition) is 1. The van der Waals surface area contributed by atoms with Crippen LogP contribution in [0.1, 0.15) is 13.8 Å². The van der Waals surface area contributed by atoms with E-state index in [4.69, 9.17) is 14.6 Å². The van der Waals surface area contributed by atoms with E-state index in [-0.39, 0.29) is 11.9 Å². The summed E-state index contributed by atoms with van der Waals surface area (Å²) in [7, 11) is 0. The zero-order valence-electron chi connectivity index (χ0n) is 16.5. The van der Waals surface area contributed by atoms with Gasteiger partial charge in [-0.3, -0.25) is 0 Å². The summed E-state index contributed by atoms with van der Waals surface area (Å²) in [4.78, 5) is 11.2. The number of thiol groups is 1. The fourth-order valence-electron chi connectivity index (χ4n) is 3.46. The van der Waals surface area contributed by atoms with Gasteiger partial charge in [-0.05, 0) is 32.0 Å². The molecule has 1 aromatic carbocycles. The highest BCUT2D eigenvalue weighted by molar-refractivity contribution is 7.80. The standard InChI is InChI=1S/C20H24FN5O2S/c1-13(2)28-16-4-3-14(11-15(16)21)18-17-19(25-5-8-27-9-6-25)22-12-23-20(17)26(24-18)7-10-29/h3-4,11-13,29H,5-10H2,1-2H3. The lowest BCUT2D eigenvalue weighted by atomic mass is 10.1. The van der Waals surface area contributed by atoms with E-state index < -0.39 is 5.82 Å². The molecule has 154 valence electrons. The summed E-state index contributed by atoms with van der Waals surface area (Å²) in [6.45, 7) is 7.08. The molecule has 0 spiro atoms. The van der Waals surface area contributed by atoms with Gasteiger partial charge in [0.2, 0.25) is 0 Å². The van der Waals surface area contributed by atoms with E-state index in [0.29, 0.717) is 42.4 Å². The number of hydrogen-bond acceptors (Lipinski definition) is 7. The third-order valence-electron chi connectivity index (χ3n) is 4.70. The largest absolute Gasteiger partial charge is 0.488 e. The van der Waals surface area contributed by atoms with Crippen molar-refractivity contribution in [3.8, 4) is 17.0 Å². The summed E-state index contributed by atoms with van der Waals surface area (Å²) in [5.74, 6) is 1.22. The van der Waals surface area contributed by atoms with Gasteiger partial charge in [-0.15, -0.1) is 0 Å². The molecule has 0 bridgehead atoms. The fraction of sp³-hybridized carbons (Fsp3) is 0.450. The third kappa shape index (κ3) is 4.02. The van der Waals surface area contributed by atoms with E-state index in [2.05, 4.69) is 27.5 Å². The number of aromatic nitrogens is 4. The Hall–Kier alpha value is -2.39. The third-order valence-corrected chi connectivity index (χ3v) is 4.90. The average molecular weight is 418 g/mol. The SMILES string of the molecule is CC(C)Oc1ccc(-c2nn(CCS)c3ncnc(N4CCOCC4)c23)cc1F. The van der Waals surface area contributed by atoms with Crippen molar-refractivity contribution in [2.24, 2.45) is 0 Å². The van der Waals surface area contributed by atoms with Gasteiger partial charge < -0.3 is 14.4 Å². The van der Waals surface area contributed by atoms with Gasteiger partial charge in [0.05, 0.1) is 31.2 Å². The summed E-state index contributed by atoms with van der Waals surface area (Å²) < 4.78 is 27.5. The molecule has 2 aromatic heterocycles. The molecule has 0 unspecified atom stereocenters. The topological polar surface area (TPSA) is 65.3 Å². The monoisotopic (exact) mass is 417 g/mol. The Bertz CT molecular complexity index is 1000. The fourth-order valence-corrected chi connectivity index (χ4v) is 3.65. The molecule has 4 rings (SSSR count). The second-order valence-corrected chi connectivity index (χ2v) is 7.55. The summed E-state index contributed by atoms with van der Waals surface area (Å²) in [6.07, 6.45) is 1.44. The molecule has 0 aliphatic carbocycles. The smallest absolute Gasteiger partial charge is 0.165 e. The van der Waals surface area contributed by atoms with Crippen molar-refractivity contribution in [2.75, 3.05) is 37.0 Å². The molecule has 0 saturated carbocycles. The molecular formula is C20H24FN5O2S. The number of rotatable bonds is 6. The van der Waals surface area contributed by atoms with Crippen LogP contribution < -0.4 is 9.64 Å². The molecule has 3 heterocycles. The van der Waals surface area contributed by atoms with Crippen LogP contribution in [0.4, 0.5) is 10.2 Å². The van der Waals surface area contributed by atoms with Crippen LogP contribution in [0.3, 0.4) is 0 Å². The van der Waals surface area contributed by atoms with Crippen molar-refractivity contribution in [3.05, 3.63) is 30.3 Å². The lowest BCUT2D eigenvalue weighted by Gasteiger charge is -2.28. The second kappa shape index (κ2) is 8.54. The number of aryl methyl sites for hydroxylation is 1. The minimum atomic E-state index is -0.419. The van der Waals surface area contributed by atoms with Crippen LogP contribution in [-0.4, -0.2) is 57.9 Å². The van der Waals surface area contributed by atoms with E-state index in [0.717, 1.165) is 24.3 Å². The van der Waals surface area contributed by atoms with Crippen LogP contribution in [0, 0.1) is 5.82 Å². The molecule has 0 N–H and O–H groups in total. The first-order valence-corrected chi connectivity index (χ1v) is 10.3. The Kier molecular flexibility index (Phi) is 5.86. The molecule has 1 fully saturated rings. The van der Waals surface area contributed by atoms with Crippen molar-refractivity contribution in [1.82, 2.24) is 19.7 Å². The zero-order chi connectivity index (χ0) is 20.4. The molecule has 0 amide bonds. The van der Waals surface area contributed by atoms with Crippen LogP contribution in [0.15, 0.2) is 24.5 Å². The number of morpholine rings is 1. The average Bonchev–Trinajstić information content (AvgIpc) is 3.09. The Labute approximate surface area is 174 Å². The predicted octanol–water partition coefficient (Wildman–Crippen LogP) is 3.19. The molecule has 7 nitrogen and oxygen atoms in total. The highest BCUT2D eigenvalue weighted by Gasteiger charge is 2.23. The Morgan fingerprint density at radius 2 is 2.03 bits per heavy atom. The van der Waals surface area contributed by atoms with Crippen LogP contribution >= 0.6 is 12.6 Å². The predicted molar refractivity (Wildman–Crippen MR) is 113 cm³/mol. The van der Waals surface area contributed by atoms with Crippen LogP contribution in [0.2, 0.25) is 0 Å². The van der Waals surface area contributed by atoms with Crippen LogP contribution in [-0.2, 0) is 11.3 Å². The van der Waals surface area contributed by atoms with E-state index >= 15 is 0 Å². The lowest BCUT2D eigenvalue weighted by molar-refractivity contribution is 0.122. The molecule has 1 aliphatic heterocycles. The van der Waals surface area contributed by atoms with Gasteiger partial charge in [0, 0.05) is 24.4 Å². The quantitative estimate of drug-likeness (QED) is 0.622. The molecule has 0 radical (unpaired) electrons. The first-order valence-electron chi connectivity index (χ1n) is 9.70. The Morgan fingerprint density at radius 1 is 1.24 bits per heavy atom. The van der Waals surface area contributed by atoms with E-state index in [9.17, 15) is 4.39 Å². The maximum Gasteiger partial charge on any atom is 0.165 e. The van der Waals surface area contributed by atoms with Crippen molar-refractivity contribution >= 4 is 29.5 Å². The molecule has 9 heteroatoms. The first-order chi connectivity index (χ1) is 14.1. The number of anilines is 1. The second-order valence-electron chi connectivity index (χ2n) is 7.10. The van der Waals surface area contributed by atoms with Crippen molar-refractivity contribution in [2.45, 2.75) is 26.5 Å². The lowest BCUT2D eigenvalue weighted by Crippen LogP contribution is -2.36. The van der Waals surface area contributed by atoms with Crippen molar-refractivity contribution < 1.29 is 13.9 Å². The molecular weight excluding hydrogens is 393 g/mol. The number of fused-ring (bicyclic) bond motifs is 1. The minimum Gasteiger partial charge on any atom is -0.488 e. The molecule has 29 heavy (non-hydrogen) atoms. The summed E-state index contributed by atoms with van der Waals surface area (Å²) >= 11 is 4.34. The van der Waals surface area contributed by atoms with Gasteiger partial charge in [-0.25, -0.2) is 19.0 Å². The first kappa shape index (κ1) is 19.9. The summed E-state index contributed by atoms with van der Waals surface area (Å²) in [5, 5.41) is 5.55. The van der Waals surface area contributed by atoms with Crippen LogP contribution in [0.5, 0.6) is 5.75 Å². The maximum atomic E-state index is 14.7. The normalized spacial score (nSPS) is 14.7. The van der Waals surface area contributed by atoms with E-state index in [1.165, 1.54) is 6.07 Å². The van der Waals surface area contributed by atoms with Gasteiger partial charge in [0.1, 0.15) is 17.8 Å². The van der Waals surface area contributed by atoms with Crippen molar-refractivity contribution in [3.63, 3.8) is 0 Å².